The predicted molar refractivity (Wildman–Crippen MR) is 61.5 cm³/mol. The molecule has 17 heavy (non-hydrogen) atoms. The van der Waals surface area contributed by atoms with E-state index in [1.165, 1.54) is 6.92 Å². The topological polar surface area (TPSA) is 108 Å². The maximum Gasteiger partial charge on any atom is 0.321 e. The smallest absolute Gasteiger partial charge is 0.321 e. The summed E-state index contributed by atoms with van der Waals surface area (Å²) in [4.78, 5) is 32.9. The van der Waals surface area contributed by atoms with Gasteiger partial charge in [-0.2, -0.15) is 0 Å². The SMILES string of the molecule is C[C@H](NCC(=O)NC(=O)NC(C)(C)C)C(=O)O. The quantitative estimate of drug-likeness (QED) is 0.542. The van der Waals surface area contributed by atoms with Crippen molar-refractivity contribution >= 4 is 17.9 Å². The first kappa shape index (κ1) is 15.4. The van der Waals surface area contributed by atoms with Gasteiger partial charge in [-0.1, -0.05) is 0 Å². The molecule has 0 radical (unpaired) electrons. The number of urea groups is 1. The number of carbonyl (C=O) groups excluding carboxylic acids is 2. The van der Waals surface area contributed by atoms with Gasteiger partial charge in [0.15, 0.2) is 0 Å². The molecular weight excluding hydrogens is 226 g/mol. The Morgan fingerprint density at radius 2 is 1.76 bits per heavy atom. The molecule has 0 aromatic carbocycles. The van der Waals surface area contributed by atoms with Crippen molar-refractivity contribution < 1.29 is 19.5 Å². The van der Waals surface area contributed by atoms with Gasteiger partial charge < -0.3 is 10.4 Å². The van der Waals surface area contributed by atoms with Crippen molar-refractivity contribution in [2.24, 2.45) is 0 Å². The van der Waals surface area contributed by atoms with E-state index in [4.69, 9.17) is 5.11 Å². The molecule has 0 saturated heterocycles. The van der Waals surface area contributed by atoms with Gasteiger partial charge in [-0.3, -0.25) is 20.2 Å². The number of hydrogen-bond donors (Lipinski definition) is 4. The van der Waals surface area contributed by atoms with Gasteiger partial charge in [0, 0.05) is 5.54 Å². The molecule has 7 heteroatoms. The van der Waals surface area contributed by atoms with Crippen molar-refractivity contribution in [1.82, 2.24) is 16.0 Å². The van der Waals surface area contributed by atoms with E-state index in [0.717, 1.165) is 0 Å². The molecule has 0 saturated carbocycles. The van der Waals surface area contributed by atoms with Crippen molar-refractivity contribution in [2.75, 3.05) is 6.54 Å². The van der Waals surface area contributed by atoms with E-state index in [-0.39, 0.29) is 6.54 Å². The number of rotatable bonds is 4. The van der Waals surface area contributed by atoms with Crippen LogP contribution in [0.1, 0.15) is 27.7 Å². The first-order valence-corrected chi connectivity index (χ1v) is 5.20. The fourth-order valence-corrected chi connectivity index (χ4v) is 0.876. The van der Waals surface area contributed by atoms with Crippen molar-refractivity contribution in [2.45, 2.75) is 39.3 Å². The predicted octanol–water partition coefficient (Wildman–Crippen LogP) is -0.327. The van der Waals surface area contributed by atoms with Gasteiger partial charge in [0.05, 0.1) is 6.54 Å². The average Bonchev–Trinajstić information content (AvgIpc) is 2.10. The van der Waals surface area contributed by atoms with E-state index in [1.54, 1.807) is 20.8 Å². The van der Waals surface area contributed by atoms with Crippen LogP contribution in [0.5, 0.6) is 0 Å². The fourth-order valence-electron chi connectivity index (χ4n) is 0.876. The summed E-state index contributed by atoms with van der Waals surface area (Å²) < 4.78 is 0. The van der Waals surface area contributed by atoms with Gasteiger partial charge in [-0.25, -0.2) is 4.79 Å². The molecule has 0 spiro atoms. The third-order valence-electron chi connectivity index (χ3n) is 1.68. The standard InChI is InChI=1S/C10H19N3O4/c1-6(8(15)16)11-5-7(14)12-9(17)13-10(2,3)4/h6,11H,5H2,1-4H3,(H,15,16)(H2,12,13,14,17)/t6-/m0/s1. The Balaban J connectivity index is 3.95. The highest BCUT2D eigenvalue weighted by atomic mass is 16.4. The molecule has 3 amide bonds. The highest BCUT2D eigenvalue weighted by molar-refractivity contribution is 5.95. The molecular formula is C10H19N3O4. The second-order valence-electron chi connectivity index (χ2n) is 4.69. The van der Waals surface area contributed by atoms with E-state index < -0.39 is 29.5 Å². The summed E-state index contributed by atoms with van der Waals surface area (Å²) in [6, 6.07) is -1.45. The number of hydrogen-bond acceptors (Lipinski definition) is 4. The van der Waals surface area contributed by atoms with Crippen molar-refractivity contribution in [3.8, 4) is 0 Å². The molecule has 0 aliphatic heterocycles. The lowest BCUT2D eigenvalue weighted by Crippen LogP contribution is -2.50. The molecule has 4 N–H and O–H groups in total. The van der Waals surface area contributed by atoms with E-state index >= 15 is 0 Å². The normalized spacial score (nSPS) is 12.7. The maximum atomic E-state index is 11.3. The van der Waals surface area contributed by atoms with Crippen LogP contribution < -0.4 is 16.0 Å². The second-order valence-corrected chi connectivity index (χ2v) is 4.69. The number of imide groups is 1. The van der Waals surface area contributed by atoms with Gasteiger partial charge in [0.1, 0.15) is 6.04 Å². The van der Waals surface area contributed by atoms with Crippen LogP contribution in [0.25, 0.3) is 0 Å². The minimum atomic E-state index is -1.06. The minimum absolute atomic E-state index is 0.231. The summed E-state index contributed by atoms with van der Waals surface area (Å²) in [6.45, 7) is 6.52. The summed E-state index contributed by atoms with van der Waals surface area (Å²) in [7, 11) is 0. The Morgan fingerprint density at radius 3 is 2.18 bits per heavy atom. The molecule has 0 aliphatic rings. The summed E-state index contributed by atoms with van der Waals surface area (Å²) in [6.07, 6.45) is 0. The number of carboxylic acids is 1. The molecule has 7 nitrogen and oxygen atoms in total. The van der Waals surface area contributed by atoms with Crippen LogP contribution in [0.15, 0.2) is 0 Å². The molecule has 0 rings (SSSR count). The maximum absolute atomic E-state index is 11.3. The zero-order valence-electron chi connectivity index (χ0n) is 10.5. The van der Waals surface area contributed by atoms with Crippen LogP contribution in [0.2, 0.25) is 0 Å². The number of carbonyl (C=O) groups is 3. The molecule has 0 aromatic rings. The zero-order chi connectivity index (χ0) is 13.6. The van der Waals surface area contributed by atoms with Crippen LogP contribution >= 0.6 is 0 Å². The monoisotopic (exact) mass is 245 g/mol. The number of amides is 3. The van der Waals surface area contributed by atoms with Crippen LogP contribution in [0, 0.1) is 0 Å². The molecule has 0 aromatic heterocycles. The summed E-state index contributed by atoms with van der Waals surface area (Å²) in [5.74, 6) is -1.64. The lowest BCUT2D eigenvalue weighted by atomic mass is 10.1. The van der Waals surface area contributed by atoms with Gasteiger partial charge >= 0.3 is 12.0 Å². The van der Waals surface area contributed by atoms with Crippen LogP contribution in [-0.4, -0.2) is 41.1 Å². The van der Waals surface area contributed by atoms with Crippen LogP contribution in [-0.2, 0) is 9.59 Å². The Labute approximate surface area is 100.0 Å². The van der Waals surface area contributed by atoms with Crippen molar-refractivity contribution in [3.63, 3.8) is 0 Å². The van der Waals surface area contributed by atoms with Gasteiger partial charge in [-0.15, -0.1) is 0 Å². The second kappa shape index (κ2) is 6.19. The summed E-state index contributed by atoms with van der Waals surface area (Å²) in [5, 5.41) is 15.6. The summed E-state index contributed by atoms with van der Waals surface area (Å²) in [5.41, 5.74) is -0.438. The van der Waals surface area contributed by atoms with E-state index in [0.29, 0.717) is 0 Å². The highest BCUT2D eigenvalue weighted by Crippen LogP contribution is 1.97. The third-order valence-corrected chi connectivity index (χ3v) is 1.68. The molecule has 98 valence electrons. The first-order valence-electron chi connectivity index (χ1n) is 5.20. The molecule has 0 fully saturated rings. The lowest BCUT2D eigenvalue weighted by Gasteiger charge is -2.20. The molecule has 0 heterocycles. The minimum Gasteiger partial charge on any atom is -0.480 e. The largest absolute Gasteiger partial charge is 0.480 e. The van der Waals surface area contributed by atoms with Gasteiger partial charge in [0.2, 0.25) is 5.91 Å². The van der Waals surface area contributed by atoms with Gasteiger partial charge in [0.25, 0.3) is 0 Å². The van der Waals surface area contributed by atoms with E-state index in [2.05, 4.69) is 16.0 Å². The summed E-state index contributed by atoms with van der Waals surface area (Å²) >= 11 is 0. The fraction of sp³-hybridized carbons (Fsp3) is 0.700. The van der Waals surface area contributed by atoms with Crippen molar-refractivity contribution in [1.29, 1.82) is 0 Å². The number of aliphatic carboxylic acids is 1. The molecule has 1 atom stereocenters. The molecule has 0 aliphatic carbocycles. The highest BCUT2D eigenvalue weighted by Gasteiger charge is 2.16. The van der Waals surface area contributed by atoms with Crippen molar-refractivity contribution in [3.05, 3.63) is 0 Å². The number of carboxylic acid groups (broad SMARTS) is 1. The number of nitrogens with one attached hydrogen (secondary N) is 3. The lowest BCUT2D eigenvalue weighted by molar-refractivity contribution is -0.139. The third kappa shape index (κ3) is 8.21. The van der Waals surface area contributed by atoms with E-state index in [9.17, 15) is 14.4 Å². The Kier molecular flexibility index (Phi) is 5.60. The van der Waals surface area contributed by atoms with E-state index in [1.807, 2.05) is 0 Å². The van der Waals surface area contributed by atoms with Gasteiger partial charge in [-0.05, 0) is 27.7 Å². The van der Waals surface area contributed by atoms with Crippen LogP contribution in [0.3, 0.4) is 0 Å². The Bertz CT molecular complexity index is 309. The molecule has 0 bridgehead atoms. The Hall–Kier alpha value is -1.63. The molecule has 0 unspecified atom stereocenters. The zero-order valence-corrected chi connectivity index (χ0v) is 10.5. The van der Waals surface area contributed by atoms with Crippen LogP contribution in [0.4, 0.5) is 4.79 Å². The Morgan fingerprint density at radius 1 is 1.24 bits per heavy atom. The first-order chi connectivity index (χ1) is 7.61. The average molecular weight is 245 g/mol.